The lowest BCUT2D eigenvalue weighted by Gasteiger charge is -2.22. The van der Waals surface area contributed by atoms with Gasteiger partial charge in [0.25, 0.3) is 0 Å². The number of hydrogen-bond acceptors (Lipinski definition) is 6. The largest absolute Gasteiger partial charge is 0.355 e. The molecule has 30 heavy (non-hydrogen) atoms. The molecular formula is C23H19ClN2O4. The molecule has 0 saturated carbocycles. The molecule has 7 heteroatoms. The van der Waals surface area contributed by atoms with E-state index in [-0.39, 0.29) is 24.2 Å². The summed E-state index contributed by atoms with van der Waals surface area (Å²) in [6.07, 6.45) is 5.78. The quantitative estimate of drug-likeness (QED) is 0.439. The molecular weight excluding hydrogens is 404 g/mol. The van der Waals surface area contributed by atoms with Crippen molar-refractivity contribution in [1.29, 1.82) is 0 Å². The van der Waals surface area contributed by atoms with Crippen LogP contribution in [0.5, 0.6) is 0 Å². The molecule has 1 unspecified atom stereocenters. The van der Waals surface area contributed by atoms with E-state index in [0.29, 0.717) is 28.5 Å². The number of carbonyl (C=O) groups excluding carboxylic acids is 1. The van der Waals surface area contributed by atoms with E-state index in [1.165, 1.54) is 0 Å². The van der Waals surface area contributed by atoms with Crippen molar-refractivity contribution in [2.45, 2.75) is 32.2 Å². The van der Waals surface area contributed by atoms with Gasteiger partial charge < -0.3 is 14.0 Å². The van der Waals surface area contributed by atoms with Crippen LogP contribution in [0.3, 0.4) is 0 Å². The lowest BCUT2D eigenvalue weighted by molar-refractivity contribution is -0.169. The maximum Gasteiger partial charge on any atom is 0.242 e. The van der Waals surface area contributed by atoms with Crippen molar-refractivity contribution >= 4 is 17.4 Å². The molecule has 1 saturated heterocycles. The first kappa shape index (κ1) is 20.3. The molecule has 0 bridgehead atoms. The van der Waals surface area contributed by atoms with Crippen molar-refractivity contribution in [3.63, 3.8) is 0 Å². The van der Waals surface area contributed by atoms with E-state index in [9.17, 15) is 4.79 Å². The number of ketones is 1. The van der Waals surface area contributed by atoms with Crippen molar-refractivity contribution in [1.82, 2.24) is 10.1 Å². The van der Waals surface area contributed by atoms with Crippen molar-refractivity contribution < 1.29 is 18.8 Å². The zero-order chi connectivity index (χ0) is 20.8. The van der Waals surface area contributed by atoms with Gasteiger partial charge in [0.2, 0.25) is 5.78 Å². The highest BCUT2D eigenvalue weighted by Crippen LogP contribution is 2.33. The lowest BCUT2D eigenvalue weighted by Crippen LogP contribution is -2.22. The van der Waals surface area contributed by atoms with Crippen molar-refractivity contribution in [2.24, 2.45) is 0 Å². The smallest absolute Gasteiger partial charge is 0.242 e. The Hall–Kier alpha value is -2.98. The van der Waals surface area contributed by atoms with Crippen molar-refractivity contribution in [3.05, 3.63) is 70.6 Å². The van der Waals surface area contributed by atoms with Gasteiger partial charge in [-0.2, -0.15) is 0 Å². The highest BCUT2D eigenvalue weighted by atomic mass is 35.5. The summed E-state index contributed by atoms with van der Waals surface area (Å²) in [6, 6.07) is 10.6. The van der Waals surface area contributed by atoms with E-state index in [4.69, 9.17) is 25.6 Å². The number of hydrogen-bond donors (Lipinski definition) is 0. The second-order valence-corrected chi connectivity index (χ2v) is 7.15. The van der Waals surface area contributed by atoms with Gasteiger partial charge in [-0.3, -0.25) is 9.78 Å². The second-order valence-electron chi connectivity index (χ2n) is 6.74. The highest BCUT2D eigenvalue weighted by Gasteiger charge is 2.25. The van der Waals surface area contributed by atoms with Crippen molar-refractivity contribution in [3.8, 4) is 23.2 Å². The molecule has 2 aromatic heterocycles. The Morgan fingerprint density at radius 2 is 2.13 bits per heavy atom. The fourth-order valence-corrected chi connectivity index (χ4v) is 3.35. The standard InChI is InChI=1S/C23H19ClN2O4/c24-18-8-2-1-7-17(18)23-22(20(27)11-10-16-6-5-12-25-14-16)19(26-30-23)15-29-21-9-3-4-13-28-21/h1-2,5-8,12,14,21H,3-4,9,13,15H2. The minimum absolute atomic E-state index is 0.0776. The molecule has 1 aliphatic rings. The van der Waals surface area contributed by atoms with Crippen LogP contribution >= 0.6 is 11.6 Å². The number of pyridine rings is 1. The fourth-order valence-electron chi connectivity index (χ4n) is 3.13. The number of Topliss-reactive ketones (excluding diaryl/α,β-unsaturated/α-hetero) is 1. The minimum atomic E-state index is -0.432. The van der Waals surface area contributed by atoms with Crippen LogP contribution in [-0.2, 0) is 16.1 Å². The number of carbonyl (C=O) groups is 1. The fraction of sp³-hybridized carbons (Fsp3) is 0.261. The van der Waals surface area contributed by atoms with Crippen LogP contribution in [0.15, 0.2) is 53.3 Å². The van der Waals surface area contributed by atoms with Crippen LogP contribution in [0, 0.1) is 11.8 Å². The van der Waals surface area contributed by atoms with Gasteiger partial charge in [-0.25, -0.2) is 0 Å². The molecule has 3 heterocycles. The Morgan fingerprint density at radius 1 is 1.23 bits per heavy atom. The minimum Gasteiger partial charge on any atom is -0.355 e. The molecule has 0 spiro atoms. The van der Waals surface area contributed by atoms with Crippen LogP contribution in [0.25, 0.3) is 11.3 Å². The third-order valence-corrected chi connectivity index (χ3v) is 4.96. The van der Waals surface area contributed by atoms with E-state index >= 15 is 0 Å². The summed E-state index contributed by atoms with van der Waals surface area (Å²) in [4.78, 5) is 17.0. The molecule has 0 N–H and O–H groups in total. The van der Waals surface area contributed by atoms with E-state index in [1.54, 1.807) is 42.7 Å². The molecule has 0 amide bonds. The van der Waals surface area contributed by atoms with Gasteiger partial charge in [-0.15, -0.1) is 0 Å². The summed E-state index contributed by atoms with van der Waals surface area (Å²) in [5.74, 6) is 5.32. The molecule has 0 aliphatic carbocycles. The predicted octanol–water partition coefficient (Wildman–Crippen LogP) is 4.67. The van der Waals surface area contributed by atoms with Crippen LogP contribution in [0.1, 0.15) is 40.9 Å². The predicted molar refractivity (Wildman–Crippen MR) is 111 cm³/mol. The van der Waals surface area contributed by atoms with Crippen LogP contribution < -0.4 is 0 Å². The topological polar surface area (TPSA) is 74.5 Å². The molecule has 6 nitrogen and oxygen atoms in total. The third-order valence-electron chi connectivity index (χ3n) is 4.63. The Morgan fingerprint density at radius 3 is 2.90 bits per heavy atom. The Bertz CT molecular complexity index is 1080. The number of benzene rings is 1. The monoisotopic (exact) mass is 422 g/mol. The molecule has 1 aromatic carbocycles. The van der Waals surface area contributed by atoms with Crippen LogP contribution in [-0.4, -0.2) is 28.8 Å². The molecule has 3 aromatic rings. The first-order chi connectivity index (χ1) is 14.7. The third kappa shape index (κ3) is 4.77. The van der Waals surface area contributed by atoms with Gasteiger partial charge in [0.15, 0.2) is 12.1 Å². The number of nitrogens with zero attached hydrogens (tertiary/aromatic N) is 2. The Kier molecular flexibility index (Phi) is 6.55. The van der Waals surface area contributed by atoms with Gasteiger partial charge in [0, 0.05) is 30.1 Å². The van der Waals surface area contributed by atoms with Gasteiger partial charge in [0.1, 0.15) is 11.3 Å². The number of ether oxygens (including phenoxy) is 2. The molecule has 4 rings (SSSR count). The molecule has 0 radical (unpaired) electrons. The van der Waals surface area contributed by atoms with Gasteiger partial charge in [-0.05, 0) is 49.4 Å². The van der Waals surface area contributed by atoms with Gasteiger partial charge in [-0.1, -0.05) is 34.8 Å². The first-order valence-corrected chi connectivity index (χ1v) is 10.0. The van der Waals surface area contributed by atoms with E-state index in [2.05, 4.69) is 22.0 Å². The number of aromatic nitrogens is 2. The zero-order valence-corrected chi connectivity index (χ0v) is 16.9. The maximum atomic E-state index is 13.0. The van der Waals surface area contributed by atoms with Crippen molar-refractivity contribution in [2.75, 3.05) is 6.61 Å². The Labute approximate surface area is 179 Å². The van der Waals surface area contributed by atoms with Gasteiger partial charge >= 0.3 is 0 Å². The summed E-state index contributed by atoms with van der Waals surface area (Å²) in [7, 11) is 0. The molecule has 1 atom stereocenters. The maximum absolute atomic E-state index is 13.0. The average Bonchev–Trinajstić information content (AvgIpc) is 3.21. The first-order valence-electron chi connectivity index (χ1n) is 9.65. The summed E-state index contributed by atoms with van der Waals surface area (Å²) in [5.41, 5.74) is 1.81. The highest BCUT2D eigenvalue weighted by molar-refractivity contribution is 6.33. The summed E-state index contributed by atoms with van der Waals surface area (Å²) >= 11 is 6.32. The van der Waals surface area contributed by atoms with Crippen LogP contribution in [0.2, 0.25) is 5.02 Å². The van der Waals surface area contributed by atoms with Gasteiger partial charge in [0.05, 0.1) is 11.6 Å². The van der Waals surface area contributed by atoms with E-state index in [1.807, 2.05) is 6.07 Å². The summed E-state index contributed by atoms with van der Waals surface area (Å²) in [5, 5.41) is 4.53. The molecule has 152 valence electrons. The summed E-state index contributed by atoms with van der Waals surface area (Å²) < 4.78 is 16.9. The second kappa shape index (κ2) is 9.68. The zero-order valence-electron chi connectivity index (χ0n) is 16.1. The SMILES string of the molecule is O=C(C#Cc1cccnc1)c1c(COC2CCCCO2)noc1-c1ccccc1Cl. The molecule has 1 fully saturated rings. The molecule has 1 aliphatic heterocycles. The average molecular weight is 423 g/mol. The van der Waals surface area contributed by atoms with Crippen LogP contribution in [0.4, 0.5) is 0 Å². The Balaban J connectivity index is 1.65. The number of rotatable bonds is 5. The van der Waals surface area contributed by atoms with E-state index < -0.39 is 5.78 Å². The lowest BCUT2D eigenvalue weighted by atomic mass is 10.0. The normalized spacial score (nSPS) is 16.0. The van der Waals surface area contributed by atoms with E-state index in [0.717, 1.165) is 19.3 Å². The summed E-state index contributed by atoms with van der Waals surface area (Å²) in [6.45, 7) is 0.741. The number of halogens is 1.